The van der Waals surface area contributed by atoms with Crippen LogP contribution < -0.4 is 0 Å². The van der Waals surface area contributed by atoms with Crippen LogP contribution in [0.5, 0.6) is 0 Å². The zero-order valence-corrected chi connectivity index (χ0v) is 8.82. The van der Waals surface area contributed by atoms with Crippen molar-refractivity contribution in [2.24, 2.45) is 0 Å². The summed E-state index contributed by atoms with van der Waals surface area (Å²) in [4.78, 5) is 10.7. The Labute approximate surface area is 98.5 Å². The number of halogens is 3. The number of alkyl halides is 2. The summed E-state index contributed by atoms with van der Waals surface area (Å²) in [6, 6.07) is -6.11. The lowest BCUT2D eigenvalue weighted by Gasteiger charge is -2.20. The van der Waals surface area contributed by atoms with Crippen LogP contribution >= 0.6 is 11.6 Å². The van der Waals surface area contributed by atoms with E-state index >= 15 is 0 Å². The summed E-state index contributed by atoms with van der Waals surface area (Å²) < 4.78 is 25.8. The highest BCUT2D eigenvalue weighted by atomic mass is 35.5. The second kappa shape index (κ2) is 4.28. The molecule has 0 aliphatic rings. The van der Waals surface area contributed by atoms with Crippen molar-refractivity contribution in [3.8, 4) is 0 Å². The fraction of sp³-hybridized carbons (Fsp3) is 0.222. The van der Waals surface area contributed by atoms with Crippen LogP contribution in [0.3, 0.4) is 0 Å². The summed E-state index contributed by atoms with van der Waals surface area (Å²) >= 11 is 5.05. The van der Waals surface area contributed by atoms with E-state index in [0.29, 0.717) is 12.1 Å². The quantitative estimate of drug-likeness (QED) is 0.464. The molecule has 0 saturated heterocycles. The Kier molecular flexibility index (Phi) is 3.51. The summed E-state index contributed by atoms with van der Waals surface area (Å²) in [6.45, 7) is 0. The first-order chi connectivity index (χ1) is 7.53. The minimum atomic E-state index is -4.06. The number of rotatable bonds is 3. The maximum Gasteiger partial charge on any atom is 0.344 e. The van der Waals surface area contributed by atoms with Gasteiger partial charge in [0.15, 0.2) is 0 Å². The highest BCUT2D eigenvalue weighted by Gasteiger charge is 2.37. The van der Waals surface area contributed by atoms with Gasteiger partial charge in [-0.3, -0.25) is 4.79 Å². The average molecular weight is 269 g/mol. The van der Waals surface area contributed by atoms with Gasteiger partial charge in [0, 0.05) is 5.56 Å². The molecule has 8 heteroatoms. The van der Waals surface area contributed by atoms with Gasteiger partial charge < -0.3 is 20.4 Å². The van der Waals surface area contributed by atoms with Crippen molar-refractivity contribution in [1.29, 1.82) is 0 Å². The molecule has 0 radical (unpaired) electrons. The van der Waals surface area contributed by atoms with Gasteiger partial charge in [0.2, 0.25) is 0 Å². The van der Waals surface area contributed by atoms with Crippen molar-refractivity contribution in [3.05, 3.63) is 34.9 Å². The number of aliphatic hydroxyl groups is 4. The number of carbonyl (C=O) groups is 1. The van der Waals surface area contributed by atoms with Crippen molar-refractivity contribution in [2.75, 3.05) is 0 Å². The molecule has 4 N–H and O–H groups in total. The van der Waals surface area contributed by atoms with Crippen molar-refractivity contribution in [3.63, 3.8) is 0 Å². The van der Waals surface area contributed by atoms with E-state index in [1.54, 1.807) is 0 Å². The molecule has 0 amide bonds. The zero-order chi connectivity index (χ0) is 13.4. The maximum atomic E-state index is 12.9. The molecule has 94 valence electrons. The van der Waals surface area contributed by atoms with Gasteiger partial charge in [-0.25, -0.2) is 0 Å². The van der Waals surface area contributed by atoms with Crippen LogP contribution in [0.15, 0.2) is 18.2 Å². The fourth-order valence-corrected chi connectivity index (χ4v) is 1.32. The minimum Gasteiger partial charge on any atom is -0.336 e. The Morgan fingerprint density at radius 2 is 1.53 bits per heavy atom. The second-order valence-electron chi connectivity index (χ2n) is 3.21. The van der Waals surface area contributed by atoms with Gasteiger partial charge >= 0.3 is 12.1 Å². The maximum absolute atomic E-state index is 12.9. The summed E-state index contributed by atoms with van der Waals surface area (Å²) in [5.41, 5.74) is -2.78. The summed E-state index contributed by atoms with van der Waals surface area (Å²) in [5, 5.41) is 33.6. The van der Waals surface area contributed by atoms with Crippen molar-refractivity contribution in [1.82, 2.24) is 0 Å². The van der Waals surface area contributed by atoms with Crippen LogP contribution in [0, 0.1) is 0 Å². The third kappa shape index (κ3) is 3.18. The monoisotopic (exact) mass is 268 g/mol. The molecule has 0 fully saturated rings. The summed E-state index contributed by atoms with van der Waals surface area (Å²) in [5.74, 6) is 0. The van der Waals surface area contributed by atoms with E-state index in [2.05, 4.69) is 0 Å². The first-order valence-electron chi connectivity index (χ1n) is 4.15. The first kappa shape index (κ1) is 13.9. The van der Waals surface area contributed by atoms with E-state index < -0.39 is 28.5 Å². The van der Waals surface area contributed by atoms with Gasteiger partial charge in [0.25, 0.3) is 5.24 Å². The normalized spacial score (nSPS) is 12.6. The predicted molar refractivity (Wildman–Crippen MR) is 51.1 cm³/mol. The third-order valence-corrected chi connectivity index (χ3v) is 2.15. The number of carbonyl (C=O) groups excluding carboxylic acids is 1. The standard InChI is InChI=1S/C9H7ClF2O5/c10-7(13)4-1-2-5(8(11,14)15)6(3-4)9(12,16)17/h1-3,14-17H. The molecule has 0 bridgehead atoms. The van der Waals surface area contributed by atoms with Crippen LogP contribution in [0.25, 0.3) is 0 Å². The lowest BCUT2D eigenvalue weighted by Crippen LogP contribution is -2.28. The van der Waals surface area contributed by atoms with Crippen LogP contribution in [0.1, 0.15) is 21.5 Å². The third-order valence-electron chi connectivity index (χ3n) is 1.93. The van der Waals surface area contributed by atoms with E-state index in [0.717, 1.165) is 6.07 Å². The molecule has 0 aliphatic heterocycles. The Morgan fingerprint density at radius 3 is 1.88 bits per heavy atom. The largest absolute Gasteiger partial charge is 0.344 e. The minimum absolute atomic E-state index is 0.375. The fourth-order valence-electron chi connectivity index (χ4n) is 1.21. The van der Waals surface area contributed by atoms with E-state index in [1.165, 1.54) is 0 Å². The van der Waals surface area contributed by atoms with Gasteiger partial charge in [-0.15, -0.1) is 0 Å². The second-order valence-corrected chi connectivity index (χ2v) is 3.55. The Hall–Kier alpha value is -1.12. The highest BCUT2D eigenvalue weighted by Crippen LogP contribution is 2.32. The van der Waals surface area contributed by atoms with E-state index in [4.69, 9.17) is 32.0 Å². The molecule has 5 nitrogen and oxygen atoms in total. The lowest BCUT2D eigenvalue weighted by molar-refractivity contribution is -0.290. The van der Waals surface area contributed by atoms with E-state index in [-0.39, 0.29) is 5.56 Å². The predicted octanol–water partition coefficient (Wildman–Crippen LogP) is 0.194. The van der Waals surface area contributed by atoms with Crippen molar-refractivity contribution >= 4 is 16.8 Å². The highest BCUT2D eigenvalue weighted by molar-refractivity contribution is 6.67. The molecule has 0 atom stereocenters. The molecule has 0 aliphatic carbocycles. The van der Waals surface area contributed by atoms with Gasteiger partial charge in [0.05, 0.1) is 11.1 Å². The molecule has 0 heterocycles. The molecule has 17 heavy (non-hydrogen) atoms. The molecule has 0 aromatic heterocycles. The molecular formula is C9H7ClF2O5. The van der Waals surface area contributed by atoms with Gasteiger partial charge in [0.1, 0.15) is 0 Å². The number of benzene rings is 1. The zero-order valence-electron chi connectivity index (χ0n) is 8.06. The molecule has 1 aromatic rings. The molecular weight excluding hydrogens is 262 g/mol. The molecule has 1 rings (SSSR count). The Bertz CT molecular complexity index is 450. The van der Waals surface area contributed by atoms with Gasteiger partial charge in [-0.1, -0.05) is 0 Å². The molecule has 1 aromatic carbocycles. The number of hydrogen-bond acceptors (Lipinski definition) is 5. The van der Waals surface area contributed by atoms with Gasteiger partial charge in [-0.2, -0.15) is 8.78 Å². The summed E-state index contributed by atoms with van der Waals surface area (Å²) in [6.07, 6.45) is 0. The smallest absolute Gasteiger partial charge is 0.336 e. The first-order valence-corrected chi connectivity index (χ1v) is 4.53. The molecule has 0 saturated carbocycles. The van der Waals surface area contributed by atoms with E-state index in [9.17, 15) is 13.6 Å². The van der Waals surface area contributed by atoms with Crippen LogP contribution in [-0.4, -0.2) is 25.7 Å². The van der Waals surface area contributed by atoms with Gasteiger partial charge in [-0.05, 0) is 29.8 Å². The average Bonchev–Trinajstić information content (AvgIpc) is 2.14. The Balaban J connectivity index is 3.49. The van der Waals surface area contributed by atoms with E-state index in [1.807, 2.05) is 0 Å². The molecule has 0 spiro atoms. The molecule has 0 unspecified atom stereocenters. The Morgan fingerprint density at radius 1 is 1.06 bits per heavy atom. The van der Waals surface area contributed by atoms with Crippen molar-refractivity contribution < 1.29 is 34.0 Å². The topological polar surface area (TPSA) is 98.0 Å². The lowest BCUT2D eigenvalue weighted by atomic mass is 10.0. The summed E-state index contributed by atoms with van der Waals surface area (Å²) in [7, 11) is 0. The SMILES string of the molecule is O=C(Cl)c1ccc(C(O)(O)F)c(C(O)(O)F)c1. The van der Waals surface area contributed by atoms with Crippen LogP contribution in [-0.2, 0) is 12.1 Å². The van der Waals surface area contributed by atoms with Crippen LogP contribution in [0.4, 0.5) is 8.78 Å². The van der Waals surface area contributed by atoms with Crippen LogP contribution in [0.2, 0.25) is 0 Å². The number of hydrogen-bond donors (Lipinski definition) is 4. The van der Waals surface area contributed by atoms with Crippen molar-refractivity contribution in [2.45, 2.75) is 12.1 Å².